The molecular weight excluding hydrogens is 448 g/mol. The molecule has 2 amide bonds. The van der Waals surface area contributed by atoms with Crippen LogP contribution in [0.5, 0.6) is 0 Å². The lowest BCUT2D eigenvalue weighted by molar-refractivity contribution is -0.151. The van der Waals surface area contributed by atoms with Gasteiger partial charge in [0.05, 0.1) is 24.3 Å². The first-order chi connectivity index (χ1) is 16.9. The fourth-order valence-corrected chi connectivity index (χ4v) is 4.99. The van der Waals surface area contributed by atoms with Crippen molar-refractivity contribution in [3.63, 3.8) is 0 Å². The zero-order chi connectivity index (χ0) is 24.5. The number of benzene rings is 2. The number of ether oxygens (including phenoxy) is 1. The van der Waals surface area contributed by atoms with E-state index in [4.69, 9.17) is 4.74 Å². The number of alkyl carbamates (subject to hydrolysis) is 1. The molecule has 3 aromatic rings. The van der Waals surface area contributed by atoms with Crippen molar-refractivity contribution in [1.29, 1.82) is 0 Å². The van der Waals surface area contributed by atoms with Crippen LogP contribution in [0.2, 0.25) is 0 Å². The van der Waals surface area contributed by atoms with Gasteiger partial charge in [-0.1, -0.05) is 48.5 Å². The first kappa shape index (κ1) is 22.6. The number of carboxylic acids is 1. The molecule has 3 N–H and O–H groups in total. The lowest BCUT2D eigenvalue weighted by Gasteiger charge is -2.33. The molecule has 9 heteroatoms. The van der Waals surface area contributed by atoms with E-state index in [1.807, 2.05) is 36.4 Å². The number of carbonyl (C=O) groups excluding carboxylic acids is 2. The Labute approximate surface area is 202 Å². The Kier molecular flexibility index (Phi) is 5.98. The molecule has 2 atom stereocenters. The molecule has 0 radical (unpaired) electrons. The van der Waals surface area contributed by atoms with E-state index < -0.39 is 24.1 Å². The van der Waals surface area contributed by atoms with Gasteiger partial charge in [-0.25, -0.2) is 14.6 Å². The van der Waals surface area contributed by atoms with Gasteiger partial charge in [-0.3, -0.25) is 4.79 Å². The maximum absolute atomic E-state index is 12.9. The van der Waals surface area contributed by atoms with Gasteiger partial charge in [0.15, 0.2) is 0 Å². The van der Waals surface area contributed by atoms with Crippen LogP contribution in [-0.4, -0.2) is 56.6 Å². The van der Waals surface area contributed by atoms with E-state index >= 15 is 0 Å². The summed E-state index contributed by atoms with van der Waals surface area (Å²) in [7, 11) is 0. The molecule has 0 bridgehead atoms. The smallest absolute Gasteiger partial charge is 0.407 e. The number of aliphatic carboxylic acids is 1. The zero-order valence-corrected chi connectivity index (χ0v) is 19.2. The maximum Gasteiger partial charge on any atom is 0.407 e. The van der Waals surface area contributed by atoms with Crippen molar-refractivity contribution >= 4 is 18.0 Å². The molecule has 2 aliphatic rings. The minimum Gasteiger partial charge on any atom is -0.480 e. The fraction of sp³-hybridized carbons (Fsp3) is 0.308. The second-order valence-electron chi connectivity index (χ2n) is 8.98. The topological polar surface area (TPSA) is 125 Å². The number of fused-ring (bicyclic) bond motifs is 4. The number of imidazole rings is 1. The van der Waals surface area contributed by atoms with E-state index in [-0.39, 0.29) is 37.8 Å². The van der Waals surface area contributed by atoms with Crippen LogP contribution in [0.3, 0.4) is 0 Å². The second kappa shape index (κ2) is 9.25. The summed E-state index contributed by atoms with van der Waals surface area (Å²) in [5.41, 5.74) is 5.91. The number of H-pyrrole nitrogens is 1. The van der Waals surface area contributed by atoms with Gasteiger partial charge in [0.1, 0.15) is 12.6 Å². The molecule has 1 aliphatic heterocycles. The minimum atomic E-state index is -1.08. The number of hydrogen-bond donors (Lipinski definition) is 3. The summed E-state index contributed by atoms with van der Waals surface area (Å²) >= 11 is 0. The standard InChI is InChI=1S/C26H26N4O5/c1-15(10-24(31)30-12-22-21(27-14-28-22)11-23(30)25(32)33)29-26(34)35-13-20-18-8-4-2-6-16(18)17-7-3-5-9-19(17)20/h2-9,14-15,20,23H,10-13H2,1H3,(H,27,28)(H,29,34)(H,32,33)/t15-,23?/m1/s1. The van der Waals surface area contributed by atoms with E-state index in [0.29, 0.717) is 5.69 Å². The molecule has 1 aliphatic carbocycles. The Morgan fingerprint density at radius 3 is 2.46 bits per heavy atom. The molecule has 9 nitrogen and oxygen atoms in total. The van der Waals surface area contributed by atoms with E-state index in [1.54, 1.807) is 6.92 Å². The number of nitrogens with one attached hydrogen (secondary N) is 2. The average molecular weight is 475 g/mol. The fourth-order valence-electron chi connectivity index (χ4n) is 4.99. The minimum absolute atomic E-state index is 0.0442. The van der Waals surface area contributed by atoms with Crippen molar-refractivity contribution in [2.45, 2.75) is 44.3 Å². The van der Waals surface area contributed by atoms with Crippen LogP contribution < -0.4 is 5.32 Å². The van der Waals surface area contributed by atoms with E-state index in [9.17, 15) is 19.5 Å². The highest BCUT2D eigenvalue weighted by molar-refractivity contribution is 5.85. The van der Waals surface area contributed by atoms with Gasteiger partial charge in [0, 0.05) is 24.8 Å². The summed E-state index contributed by atoms with van der Waals surface area (Å²) in [5, 5.41) is 12.3. The SMILES string of the molecule is C[C@H](CC(=O)N1Cc2[nH]cnc2CC1C(=O)O)NC(=O)OCC1c2ccccc2-c2ccccc21. The molecule has 1 unspecified atom stereocenters. The van der Waals surface area contributed by atoms with Crippen LogP contribution in [-0.2, 0) is 27.3 Å². The molecule has 2 heterocycles. The lowest BCUT2D eigenvalue weighted by Crippen LogP contribution is -2.50. The van der Waals surface area contributed by atoms with Crippen molar-refractivity contribution in [3.8, 4) is 11.1 Å². The van der Waals surface area contributed by atoms with Crippen LogP contribution in [0, 0.1) is 0 Å². The molecule has 180 valence electrons. The number of nitrogens with zero attached hydrogens (tertiary/aromatic N) is 2. The summed E-state index contributed by atoms with van der Waals surface area (Å²) in [6.07, 6.45) is 0.987. The number of aromatic nitrogens is 2. The molecule has 5 rings (SSSR count). The molecule has 2 aromatic carbocycles. The van der Waals surface area contributed by atoms with Gasteiger partial charge in [-0.2, -0.15) is 0 Å². The van der Waals surface area contributed by atoms with Crippen molar-refractivity contribution in [3.05, 3.63) is 77.4 Å². The molecule has 0 saturated carbocycles. The van der Waals surface area contributed by atoms with Gasteiger partial charge in [0.25, 0.3) is 0 Å². The Morgan fingerprint density at radius 2 is 1.80 bits per heavy atom. The predicted octanol–water partition coefficient (Wildman–Crippen LogP) is 3.06. The monoisotopic (exact) mass is 474 g/mol. The number of aromatic amines is 1. The van der Waals surface area contributed by atoms with Crippen LogP contribution in [0.25, 0.3) is 11.1 Å². The van der Waals surface area contributed by atoms with Gasteiger partial charge in [-0.15, -0.1) is 0 Å². The number of carboxylic acid groups (broad SMARTS) is 1. The van der Waals surface area contributed by atoms with Crippen molar-refractivity contribution in [2.75, 3.05) is 6.61 Å². The summed E-state index contributed by atoms with van der Waals surface area (Å²) < 4.78 is 5.55. The summed E-state index contributed by atoms with van der Waals surface area (Å²) in [6.45, 7) is 2.01. The highest BCUT2D eigenvalue weighted by Crippen LogP contribution is 2.44. The highest BCUT2D eigenvalue weighted by atomic mass is 16.5. The number of rotatable bonds is 6. The van der Waals surface area contributed by atoms with E-state index in [0.717, 1.165) is 27.9 Å². The molecule has 35 heavy (non-hydrogen) atoms. The second-order valence-corrected chi connectivity index (χ2v) is 8.98. The summed E-state index contributed by atoms with van der Waals surface area (Å²) in [4.78, 5) is 45.6. The largest absolute Gasteiger partial charge is 0.480 e. The number of carbonyl (C=O) groups is 3. The van der Waals surface area contributed by atoms with Gasteiger partial charge in [0.2, 0.25) is 5.91 Å². The number of amides is 2. The molecule has 1 aromatic heterocycles. The summed E-state index contributed by atoms with van der Waals surface area (Å²) in [6, 6.07) is 14.7. The number of hydrogen-bond acceptors (Lipinski definition) is 5. The molecular formula is C26H26N4O5. The molecule has 0 fully saturated rings. The third-order valence-corrected chi connectivity index (χ3v) is 6.69. The Bertz CT molecular complexity index is 1240. The van der Waals surface area contributed by atoms with Gasteiger partial charge in [-0.05, 0) is 29.2 Å². The molecule has 0 spiro atoms. The van der Waals surface area contributed by atoms with Gasteiger partial charge < -0.3 is 25.0 Å². The van der Waals surface area contributed by atoms with E-state index in [1.165, 1.54) is 11.2 Å². The average Bonchev–Trinajstić information content (AvgIpc) is 3.43. The Morgan fingerprint density at radius 1 is 1.14 bits per heavy atom. The molecule has 0 saturated heterocycles. The Hall–Kier alpha value is -4.14. The lowest BCUT2D eigenvalue weighted by atomic mass is 9.98. The predicted molar refractivity (Wildman–Crippen MR) is 127 cm³/mol. The normalized spacial score (nSPS) is 17.2. The first-order valence-corrected chi connectivity index (χ1v) is 11.6. The highest BCUT2D eigenvalue weighted by Gasteiger charge is 2.36. The maximum atomic E-state index is 12.9. The summed E-state index contributed by atoms with van der Waals surface area (Å²) in [5.74, 6) is -1.49. The van der Waals surface area contributed by atoms with Crippen LogP contribution in [0.4, 0.5) is 4.79 Å². The van der Waals surface area contributed by atoms with Crippen molar-refractivity contribution in [2.24, 2.45) is 0 Å². The quantitative estimate of drug-likeness (QED) is 0.504. The van der Waals surface area contributed by atoms with Gasteiger partial charge >= 0.3 is 12.1 Å². The zero-order valence-electron chi connectivity index (χ0n) is 19.2. The van der Waals surface area contributed by atoms with Crippen LogP contribution >= 0.6 is 0 Å². The van der Waals surface area contributed by atoms with E-state index in [2.05, 4.69) is 27.4 Å². The van der Waals surface area contributed by atoms with Crippen LogP contribution in [0.1, 0.15) is 41.8 Å². The van der Waals surface area contributed by atoms with Crippen LogP contribution in [0.15, 0.2) is 54.9 Å². The Balaban J connectivity index is 1.18. The van der Waals surface area contributed by atoms with Crippen molar-refractivity contribution in [1.82, 2.24) is 20.2 Å². The third kappa shape index (κ3) is 4.37. The third-order valence-electron chi connectivity index (χ3n) is 6.69. The first-order valence-electron chi connectivity index (χ1n) is 11.6. The van der Waals surface area contributed by atoms with Crippen molar-refractivity contribution < 1.29 is 24.2 Å².